The highest BCUT2D eigenvalue weighted by atomic mass is 16.8. The number of nitrogens with zero attached hydrogens (tertiary/aromatic N) is 1. The lowest BCUT2D eigenvalue weighted by atomic mass is 10.1. The minimum Gasteiger partial charge on any atom is -0.445 e. The summed E-state index contributed by atoms with van der Waals surface area (Å²) in [5.41, 5.74) is 0.936. The zero-order valence-corrected chi connectivity index (χ0v) is 10.9. The summed E-state index contributed by atoms with van der Waals surface area (Å²) >= 11 is 0. The second kappa shape index (κ2) is 5.40. The van der Waals surface area contributed by atoms with Crippen LogP contribution in [0.15, 0.2) is 30.3 Å². The van der Waals surface area contributed by atoms with Crippen molar-refractivity contribution in [1.29, 1.82) is 0 Å². The van der Waals surface area contributed by atoms with Gasteiger partial charge < -0.3 is 19.1 Å². The smallest absolute Gasteiger partial charge is 0.445 e. The first kappa shape index (κ1) is 12.8. The van der Waals surface area contributed by atoms with E-state index in [2.05, 4.69) is 0 Å². The summed E-state index contributed by atoms with van der Waals surface area (Å²) in [6.45, 7) is 1.07. The maximum Gasteiger partial charge on any atom is 0.509 e. The minimum atomic E-state index is -0.653. The Morgan fingerprint density at radius 2 is 2.00 bits per heavy atom. The molecule has 2 atom stereocenters. The van der Waals surface area contributed by atoms with Crippen molar-refractivity contribution in [2.75, 3.05) is 13.1 Å². The van der Waals surface area contributed by atoms with Crippen LogP contribution in [0.5, 0.6) is 0 Å². The molecule has 0 N–H and O–H groups in total. The Balaban J connectivity index is 1.52. The van der Waals surface area contributed by atoms with E-state index >= 15 is 0 Å². The molecule has 0 spiro atoms. The van der Waals surface area contributed by atoms with Crippen molar-refractivity contribution in [3.63, 3.8) is 0 Å². The molecule has 2 fully saturated rings. The van der Waals surface area contributed by atoms with E-state index in [1.54, 1.807) is 4.90 Å². The Bertz CT molecular complexity index is 504. The topological polar surface area (TPSA) is 65.1 Å². The molecule has 0 saturated carbocycles. The first-order valence-electron chi connectivity index (χ1n) is 6.55. The molecule has 20 heavy (non-hydrogen) atoms. The third kappa shape index (κ3) is 2.68. The van der Waals surface area contributed by atoms with Gasteiger partial charge in [0.25, 0.3) is 0 Å². The Hall–Kier alpha value is -2.24. The summed E-state index contributed by atoms with van der Waals surface area (Å²) in [6.07, 6.45) is -1.08. The number of rotatable bonds is 2. The maximum absolute atomic E-state index is 12.0. The zero-order valence-electron chi connectivity index (χ0n) is 10.9. The van der Waals surface area contributed by atoms with Gasteiger partial charge in [-0.1, -0.05) is 30.3 Å². The Labute approximate surface area is 116 Å². The summed E-state index contributed by atoms with van der Waals surface area (Å²) < 4.78 is 15.2. The standard InChI is InChI=1S/C14H15NO5/c16-13(18-9-10-4-2-1-3-5-10)15-7-6-11-12(8-15)20-14(17)19-11/h1-5,11-12H,6-9H2. The predicted molar refractivity (Wildman–Crippen MR) is 68.0 cm³/mol. The Morgan fingerprint density at radius 3 is 2.80 bits per heavy atom. The van der Waals surface area contributed by atoms with Crippen LogP contribution in [-0.2, 0) is 20.8 Å². The molecule has 2 saturated heterocycles. The van der Waals surface area contributed by atoms with Crippen LogP contribution in [-0.4, -0.2) is 42.4 Å². The molecule has 0 bridgehead atoms. The number of hydrogen-bond donors (Lipinski definition) is 0. The van der Waals surface area contributed by atoms with Gasteiger partial charge in [-0.3, -0.25) is 0 Å². The van der Waals surface area contributed by atoms with Crippen LogP contribution in [0.2, 0.25) is 0 Å². The SMILES string of the molecule is O=C1OC2CCN(C(=O)OCc3ccccc3)CC2O1. The normalized spacial score (nSPS) is 24.6. The number of ether oxygens (including phenoxy) is 3. The summed E-state index contributed by atoms with van der Waals surface area (Å²) in [6, 6.07) is 9.48. The van der Waals surface area contributed by atoms with Gasteiger partial charge in [0.1, 0.15) is 12.7 Å². The van der Waals surface area contributed by atoms with Crippen LogP contribution in [0.25, 0.3) is 0 Å². The monoisotopic (exact) mass is 277 g/mol. The molecule has 0 aliphatic carbocycles. The van der Waals surface area contributed by atoms with E-state index in [0.29, 0.717) is 19.5 Å². The second-order valence-corrected chi connectivity index (χ2v) is 4.84. The molecule has 0 aromatic heterocycles. The molecule has 6 heteroatoms. The lowest BCUT2D eigenvalue weighted by Gasteiger charge is -2.31. The number of benzene rings is 1. The molecule has 6 nitrogen and oxygen atoms in total. The summed E-state index contributed by atoms with van der Waals surface area (Å²) in [5, 5.41) is 0. The zero-order chi connectivity index (χ0) is 13.9. The highest BCUT2D eigenvalue weighted by Crippen LogP contribution is 2.24. The number of piperidine rings is 1. The number of likely N-dealkylation sites (tertiary alicyclic amines) is 1. The summed E-state index contributed by atoms with van der Waals surface area (Å²) in [7, 11) is 0. The molecule has 2 unspecified atom stereocenters. The quantitative estimate of drug-likeness (QED) is 0.773. The third-order valence-electron chi connectivity index (χ3n) is 3.46. The van der Waals surface area contributed by atoms with E-state index in [0.717, 1.165) is 5.56 Å². The van der Waals surface area contributed by atoms with Crippen molar-refractivity contribution in [2.24, 2.45) is 0 Å². The van der Waals surface area contributed by atoms with E-state index in [1.165, 1.54) is 0 Å². The molecule has 1 aromatic rings. The van der Waals surface area contributed by atoms with Gasteiger partial charge in [-0.2, -0.15) is 0 Å². The van der Waals surface area contributed by atoms with Crippen molar-refractivity contribution in [1.82, 2.24) is 4.90 Å². The third-order valence-corrected chi connectivity index (χ3v) is 3.46. The van der Waals surface area contributed by atoms with Gasteiger partial charge in [0.15, 0.2) is 6.10 Å². The van der Waals surface area contributed by atoms with Gasteiger partial charge in [0.2, 0.25) is 0 Å². The van der Waals surface area contributed by atoms with Crippen molar-refractivity contribution in [2.45, 2.75) is 25.2 Å². The molecule has 0 radical (unpaired) electrons. The molecule has 3 rings (SSSR count). The Morgan fingerprint density at radius 1 is 1.25 bits per heavy atom. The van der Waals surface area contributed by atoms with Gasteiger partial charge >= 0.3 is 12.2 Å². The molecule has 2 aliphatic rings. The summed E-state index contributed by atoms with van der Waals surface area (Å²) in [4.78, 5) is 24.5. The van der Waals surface area contributed by atoms with Crippen LogP contribution in [0, 0.1) is 0 Å². The van der Waals surface area contributed by atoms with Gasteiger partial charge in [0.05, 0.1) is 6.54 Å². The number of amides is 1. The number of fused-ring (bicyclic) bond motifs is 1. The lowest BCUT2D eigenvalue weighted by molar-refractivity contribution is 0.0354. The van der Waals surface area contributed by atoms with Crippen LogP contribution in [0.1, 0.15) is 12.0 Å². The average Bonchev–Trinajstić information content (AvgIpc) is 2.85. The fraction of sp³-hybridized carbons (Fsp3) is 0.429. The molecule has 106 valence electrons. The van der Waals surface area contributed by atoms with Crippen LogP contribution < -0.4 is 0 Å². The number of carbonyl (C=O) groups excluding carboxylic acids is 2. The molecule has 1 aromatic carbocycles. The van der Waals surface area contributed by atoms with E-state index in [-0.39, 0.29) is 18.8 Å². The van der Waals surface area contributed by atoms with Crippen LogP contribution >= 0.6 is 0 Å². The van der Waals surface area contributed by atoms with Crippen molar-refractivity contribution in [3.8, 4) is 0 Å². The number of carbonyl (C=O) groups is 2. The first-order chi connectivity index (χ1) is 9.72. The fourth-order valence-electron chi connectivity index (χ4n) is 2.39. The highest BCUT2D eigenvalue weighted by molar-refractivity contribution is 5.68. The molecule has 1 amide bonds. The van der Waals surface area contributed by atoms with E-state index in [4.69, 9.17) is 14.2 Å². The molecule has 2 heterocycles. The average molecular weight is 277 g/mol. The minimum absolute atomic E-state index is 0.235. The van der Waals surface area contributed by atoms with E-state index < -0.39 is 12.2 Å². The lowest BCUT2D eigenvalue weighted by Crippen LogP contribution is -2.47. The van der Waals surface area contributed by atoms with Gasteiger partial charge in [-0.25, -0.2) is 9.59 Å². The van der Waals surface area contributed by atoms with Crippen molar-refractivity contribution in [3.05, 3.63) is 35.9 Å². The van der Waals surface area contributed by atoms with Gasteiger partial charge in [-0.15, -0.1) is 0 Å². The molecular formula is C14H15NO5. The van der Waals surface area contributed by atoms with E-state index in [1.807, 2.05) is 30.3 Å². The van der Waals surface area contributed by atoms with Gasteiger partial charge in [-0.05, 0) is 5.56 Å². The largest absolute Gasteiger partial charge is 0.509 e. The fourth-order valence-corrected chi connectivity index (χ4v) is 2.39. The molecular weight excluding hydrogens is 262 g/mol. The second-order valence-electron chi connectivity index (χ2n) is 4.84. The van der Waals surface area contributed by atoms with E-state index in [9.17, 15) is 9.59 Å². The van der Waals surface area contributed by atoms with Crippen molar-refractivity contribution < 1.29 is 23.8 Å². The predicted octanol–water partition coefficient (Wildman–Crippen LogP) is 1.93. The van der Waals surface area contributed by atoms with Crippen LogP contribution in [0.4, 0.5) is 9.59 Å². The number of hydrogen-bond acceptors (Lipinski definition) is 5. The molecule has 2 aliphatic heterocycles. The van der Waals surface area contributed by atoms with Gasteiger partial charge in [0, 0.05) is 13.0 Å². The van der Waals surface area contributed by atoms with Crippen LogP contribution in [0.3, 0.4) is 0 Å². The first-order valence-corrected chi connectivity index (χ1v) is 6.55. The Kier molecular flexibility index (Phi) is 3.45. The highest BCUT2D eigenvalue weighted by Gasteiger charge is 2.42. The van der Waals surface area contributed by atoms with Crippen molar-refractivity contribution >= 4 is 12.2 Å². The maximum atomic E-state index is 12.0. The summed E-state index contributed by atoms with van der Waals surface area (Å²) in [5.74, 6) is 0.